The zero-order valence-electron chi connectivity index (χ0n) is 30.8. The molecule has 3 fully saturated rings. The Hall–Kier alpha value is -1.31. The first-order chi connectivity index (χ1) is 21.6. The topological polar surface area (TPSA) is 26.3 Å². The van der Waals surface area contributed by atoms with Crippen molar-refractivity contribution >= 4 is 5.97 Å². The van der Waals surface area contributed by atoms with Crippen molar-refractivity contribution in [1.82, 2.24) is 0 Å². The molecule has 0 spiro atoms. The van der Waals surface area contributed by atoms with Crippen LogP contribution in [-0.4, -0.2) is 12.1 Å². The Labute approximate surface area is 279 Å². The molecule has 0 N–H and O–H groups in total. The van der Waals surface area contributed by atoms with Crippen molar-refractivity contribution < 1.29 is 9.53 Å². The lowest BCUT2D eigenvalue weighted by Crippen LogP contribution is -2.51. The van der Waals surface area contributed by atoms with Crippen LogP contribution in [0.25, 0.3) is 0 Å². The summed E-state index contributed by atoms with van der Waals surface area (Å²) >= 11 is 0. The highest BCUT2D eigenvalue weighted by Crippen LogP contribution is 2.67. The molecule has 0 aromatic heterocycles. The van der Waals surface area contributed by atoms with Gasteiger partial charge in [0.25, 0.3) is 0 Å². The van der Waals surface area contributed by atoms with E-state index in [1.807, 2.05) is 0 Å². The van der Waals surface area contributed by atoms with Crippen LogP contribution in [0.15, 0.2) is 36.0 Å². The Morgan fingerprint density at radius 2 is 1.62 bits per heavy atom. The number of hydrogen-bond acceptors (Lipinski definition) is 2. The molecule has 0 aromatic rings. The van der Waals surface area contributed by atoms with Crippen molar-refractivity contribution in [2.75, 3.05) is 0 Å². The summed E-state index contributed by atoms with van der Waals surface area (Å²) in [6, 6.07) is 0. The summed E-state index contributed by atoms with van der Waals surface area (Å²) in [7, 11) is 0. The highest BCUT2D eigenvalue weighted by atomic mass is 16.5. The number of carbonyl (C=O) groups excluding carboxylic acids is 1. The van der Waals surface area contributed by atoms with Gasteiger partial charge in [-0.3, -0.25) is 4.79 Å². The van der Waals surface area contributed by atoms with Gasteiger partial charge in [-0.2, -0.15) is 0 Å². The third-order valence-electron chi connectivity index (χ3n) is 13.9. The van der Waals surface area contributed by atoms with Crippen molar-refractivity contribution in [2.45, 2.75) is 177 Å². The van der Waals surface area contributed by atoms with Crippen molar-refractivity contribution in [3.63, 3.8) is 0 Å². The molecule has 0 heterocycles. The van der Waals surface area contributed by atoms with Gasteiger partial charge in [0.1, 0.15) is 6.10 Å². The Kier molecular flexibility index (Phi) is 14.0. The van der Waals surface area contributed by atoms with E-state index in [1.54, 1.807) is 5.57 Å². The van der Waals surface area contributed by atoms with Gasteiger partial charge < -0.3 is 4.74 Å². The predicted molar refractivity (Wildman–Crippen MR) is 193 cm³/mol. The van der Waals surface area contributed by atoms with Crippen LogP contribution < -0.4 is 0 Å². The summed E-state index contributed by atoms with van der Waals surface area (Å²) in [5, 5.41) is 0. The lowest BCUT2D eigenvalue weighted by molar-refractivity contribution is -0.151. The van der Waals surface area contributed by atoms with Crippen LogP contribution >= 0.6 is 0 Å². The molecule has 3 saturated carbocycles. The first kappa shape index (κ1) is 36.5. The second kappa shape index (κ2) is 17.2. The fourth-order valence-corrected chi connectivity index (χ4v) is 10.6. The van der Waals surface area contributed by atoms with Gasteiger partial charge in [0.05, 0.1) is 0 Å². The van der Waals surface area contributed by atoms with E-state index in [0.717, 1.165) is 80.0 Å². The zero-order valence-corrected chi connectivity index (χ0v) is 30.8. The fourth-order valence-electron chi connectivity index (χ4n) is 10.6. The van der Waals surface area contributed by atoms with E-state index in [-0.39, 0.29) is 12.1 Å². The molecule has 0 aliphatic heterocycles. The van der Waals surface area contributed by atoms with E-state index in [0.29, 0.717) is 17.3 Å². The Morgan fingerprint density at radius 3 is 2.33 bits per heavy atom. The number of hydrogen-bond donors (Lipinski definition) is 0. The summed E-state index contributed by atoms with van der Waals surface area (Å²) < 4.78 is 6.09. The van der Waals surface area contributed by atoms with E-state index in [2.05, 4.69) is 78.8 Å². The van der Waals surface area contributed by atoms with Gasteiger partial charge in [0.15, 0.2) is 0 Å². The number of rotatable bonds is 17. The minimum absolute atomic E-state index is 0.0271. The molecule has 9 unspecified atom stereocenters. The quantitative estimate of drug-likeness (QED) is 0.0918. The van der Waals surface area contributed by atoms with Crippen LogP contribution in [0.4, 0.5) is 0 Å². The molecule has 0 aromatic carbocycles. The van der Waals surface area contributed by atoms with Crippen molar-refractivity contribution in [2.24, 2.45) is 52.3 Å². The van der Waals surface area contributed by atoms with Gasteiger partial charge >= 0.3 is 5.97 Å². The number of unbranched alkanes of at least 4 members (excludes halogenated alkanes) is 5. The number of carbonyl (C=O) groups is 1. The molecule has 4 rings (SSSR count). The lowest BCUT2D eigenvalue weighted by Gasteiger charge is -2.58. The van der Waals surface area contributed by atoms with E-state index in [9.17, 15) is 4.79 Å². The molecule has 45 heavy (non-hydrogen) atoms. The smallest absolute Gasteiger partial charge is 0.306 e. The molecule has 2 heteroatoms. The van der Waals surface area contributed by atoms with Crippen molar-refractivity contribution in [3.05, 3.63) is 36.0 Å². The summed E-state index contributed by atoms with van der Waals surface area (Å²) in [4.78, 5) is 12.8. The molecule has 0 saturated heterocycles. The zero-order chi connectivity index (χ0) is 32.5. The minimum atomic E-state index is 0.0271. The van der Waals surface area contributed by atoms with Crippen molar-refractivity contribution in [3.8, 4) is 0 Å². The first-order valence-corrected chi connectivity index (χ1v) is 19.8. The summed E-state index contributed by atoms with van der Waals surface area (Å²) in [6.07, 6.45) is 34.7. The average Bonchev–Trinajstić information content (AvgIpc) is 3.37. The summed E-state index contributed by atoms with van der Waals surface area (Å²) in [6.45, 7) is 17.4. The van der Waals surface area contributed by atoms with Gasteiger partial charge in [-0.05, 0) is 136 Å². The molecule has 256 valence electrons. The van der Waals surface area contributed by atoms with Crippen LogP contribution in [0.2, 0.25) is 0 Å². The fraction of sp³-hybridized carbons (Fsp3) is 0.837. The molecule has 9 atom stereocenters. The average molecular weight is 621 g/mol. The van der Waals surface area contributed by atoms with Crippen LogP contribution in [0, 0.1) is 52.3 Å². The number of ether oxygens (including phenoxy) is 1. The van der Waals surface area contributed by atoms with Gasteiger partial charge in [-0.25, -0.2) is 0 Å². The van der Waals surface area contributed by atoms with Gasteiger partial charge in [0, 0.05) is 12.8 Å². The highest BCUT2D eigenvalue weighted by Gasteiger charge is 2.59. The van der Waals surface area contributed by atoms with Gasteiger partial charge in [-0.1, -0.05) is 110 Å². The standard InChI is InChI=1S/C43H72O2/c1-8-9-10-11-12-13-14-15-16-17-18-19-20-41(44)45-36-27-29-42(6)35(31-36)23-24-37-39-26-25-38(43(39,7)30-28-40(37)42)34(5)22-21-33(4)32(2)3/h12-13,15-16,23,32-34,36-40H,8-11,14,17-22,24-31H2,1-7H3/b13-12-,16-15-. The molecular formula is C43H72O2. The Morgan fingerprint density at radius 1 is 0.889 bits per heavy atom. The Bertz CT molecular complexity index is 1000. The molecule has 0 bridgehead atoms. The van der Waals surface area contributed by atoms with Crippen LogP contribution in [0.1, 0.15) is 170 Å². The first-order valence-electron chi connectivity index (χ1n) is 19.8. The Balaban J connectivity index is 1.20. The molecule has 0 radical (unpaired) electrons. The van der Waals surface area contributed by atoms with Crippen LogP contribution in [-0.2, 0) is 9.53 Å². The third-order valence-corrected chi connectivity index (χ3v) is 13.9. The summed E-state index contributed by atoms with van der Waals surface area (Å²) in [5.74, 6) is 6.03. The van der Waals surface area contributed by atoms with Crippen molar-refractivity contribution in [1.29, 1.82) is 0 Å². The monoisotopic (exact) mass is 621 g/mol. The highest BCUT2D eigenvalue weighted by molar-refractivity contribution is 5.69. The van der Waals surface area contributed by atoms with Crippen LogP contribution in [0.5, 0.6) is 0 Å². The van der Waals surface area contributed by atoms with E-state index in [4.69, 9.17) is 4.74 Å². The van der Waals surface area contributed by atoms with E-state index in [1.165, 1.54) is 77.0 Å². The van der Waals surface area contributed by atoms with Gasteiger partial charge in [-0.15, -0.1) is 0 Å². The minimum Gasteiger partial charge on any atom is -0.462 e. The normalized spacial score (nSPS) is 34.4. The predicted octanol–water partition coefficient (Wildman–Crippen LogP) is 12.8. The molecular weight excluding hydrogens is 548 g/mol. The maximum atomic E-state index is 12.8. The molecule has 4 aliphatic rings. The largest absolute Gasteiger partial charge is 0.462 e. The lowest BCUT2D eigenvalue weighted by atomic mass is 9.47. The maximum Gasteiger partial charge on any atom is 0.306 e. The number of fused-ring (bicyclic) bond motifs is 5. The molecule has 4 aliphatic carbocycles. The van der Waals surface area contributed by atoms with Crippen LogP contribution in [0.3, 0.4) is 0 Å². The second-order valence-corrected chi connectivity index (χ2v) is 17.0. The SMILES string of the molecule is CCCCC/C=C\C/C=C\CCCCC(=O)OC1CCC2(C)C(=CCC3C2CCC2(C)C(C(C)CCC(C)C(C)C)CCC32)C1. The molecule has 2 nitrogen and oxygen atoms in total. The molecule has 0 amide bonds. The van der Waals surface area contributed by atoms with E-state index >= 15 is 0 Å². The third kappa shape index (κ3) is 9.19. The van der Waals surface area contributed by atoms with Gasteiger partial charge in [0.2, 0.25) is 0 Å². The maximum absolute atomic E-state index is 12.8. The van der Waals surface area contributed by atoms with E-state index < -0.39 is 0 Å². The number of esters is 1. The number of allylic oxidation sites excluding steroid dienone is 5. The second-order valence-electron chi connectivity index (χ2n) is 17.0. The summed E-state index contributed by atoms with van der Waals surface area (Å²) in [5.41, 5.74) is 2.49.